The van der Waals surface area contributed by atoms with Gasteiger partial charge in [0, 0.05) is 18.1 Å². The Labute approximate surface area is 128 Å². The molecule has 5 heteroatoms. The number of rotatable bonds is 5. The minimum absolute atomic E-state index is 0.0895. The summed E-state index contributed by atoms with van der Waals surface area (Å²) in [5.41, 5.74) is 0.0555. The number of carbonyl (C=O) groups is 1. The lowest BCUT2D eigenvalue weighted by atomic mass is 9.93. The van der Waals surface area contributed by atoms with Gasteiger partial charge in [-0.25, -0.2) is 4.79 Å². The zero-order valence-electron chi connectivity index (χ0n) is 13.0. The molecule has 0 aliphatic rings. The van der Waals surface area contributed by atoms with Gasteiger partial charge in [-0.2, -0.15) is 0 Å². The van der Waals surface area contributed by atoms with Crippen molar-refractivity contribution in [2.24, 2.45) is 5.92 Å². The van der Waals surface area contributed by atoms with Gasteiger partial charge in [-0.1, -0.05) is 27.2 Å². The van der Waals surface area contributed by atoms with E-state index in [2.05, 4.69) is 0 Å². The number of Topliss-reactive ketones (excluding diaryl/α,β-unsaturated/α-hetero) is 1. The Bertz CT molecular complexity index is 773. The van der Waals surface area contributed by atoms with Gasteiger partial charge in [0.15, 0.2) is 5.78 Å². The highest BCUT2D eigenvalue weighted by Gasteiger charge is 2.25. The van der Waals surface area contributed by atoms with Gasteiger partial charge < -0.3 is 14.6 Å². The Morgan fingerprint density at radius 2 is 1.95 bits per heavy atom. The van der Waals surface area contributed by atoms with Gasteiger partial charge in [-0.3, -0.25) is 4.79 Å². The summed E-state index contributed by atoms with van der Waals surface area (Å²) in [4.78, 5) is 24.0. The quantitative estimate of drug-likeness (QED) is 0.653. The maximum absolute atomic E-state index is 12.4. The molecule has 0 radical (unpaired) electrons. The van der Waals surface area contributed by atoms with Crippen LogP contribution in [0.25, 0.3) is 11.0 Å². The number of phenols is 2. The van der Waals surface area contributed by atoms with Crippen LogP contribution in [0, 0.1) is 5.92 Å². The molecule has 1 heterocycles. The van der Waals surface area contributed by atoms with E-state index >= 15 is 0 Å². The van der Waals surface area contributed by atoms with Gasteiger partial charge in [0.1, 0.15) is 22.6 Å². The van der Waals surface area contributed by atoms with Crippen LogP contribution in [-0.4, -0.2) is 16.0 Å². The van der Waals surface area contributed by atoms with Crippen molar-refractivity contribution < 1.29 is 19.4 Å². The van der Waals surface area contributed by atoms with E-state index in [1.54, 1.807) is 6.92 Å². The van der Waals surface area contributed by atoms with Crippen LogP contribution >= 0.6 is 0 Å². The molecule has 0 saturated carbocycles. The minimum Gasteiger partial charge on any atom is -0.507 e. The largest absolute Gasteiger partial charge is 0.507 e. The Kier molecular flexibility index (Phi) is 4.54. The summed E-state index contributed by atoms with van der Waals surface area (Å²) in [6, 6.07) is 2.55. The molecule has 22 heavy (non-hydrogen) atoms. The van der Waals surface area contributed by atoms with Crippen molar-refractivity contribution in [1.29, 1.82) is 0 Å². The molecular weight excluding hydrogens is 284 g/mol. The van der Waals surface area contributed by atoms with Gasteiger partial charge in [0.25, 0.3) is 0 Å². The average Bonchev–Trinajstić information content (AvgIpc) is 2.45. The van der Waals surface area contributed by atoms with Gasteiger partial charge in [0.2, 0.25) is 0 Å². The second-order valence-corrected chi connectivity index (χ2v) is 5.51. The third kappa shape index (κ3) is 2.71. The zero-order valence-corrected chi connectivity index (χ0v) is 13.0. The summed E-state index contributed by atoms with van der Waals surface area (Å²) >= 11 is 0. The lowest BCUT2D eigenvalue weighted by Gasteiger charge is -2.14. The zero-order chi connectivity index (χ0) is 16.4. The van der Waals surface area contributed by atoms with E-state index in [4.69, 9.17) is 4.42 Å². The average molecular weight is 304 g/mol. The molecular formula is C17H20O5. The maximum Gasteiger partial charge on any atom is 0.336 e. The molecule has 1 aromatic carbocycles. The smallest absolute Gasteiger partial charge is 0.336 e. The molecule has 0 bridgehead atoms. The van der Waals surface area contributed by atoms with Crippen LogP contribution in [0.3, 0.4) is 0 Å². The lowest BCUT2D eigenvalue weighted by Crippen LogP contribution is -2.11. The van der Waals surface area contributed by atoms with Crippen molar-refractivity contribution in [2.45, 2.75) is 40.0 Å². The molecule has 1 aromatic heterocycles. The SMILES string of the molecule is CCCc1cc(=O)oc2cc(O)c(C(=O)C(C)CC)c(O)c12. The van der Waals surface area contributed by atoms with Gasteiger partial charge >= 0.3 is 5.63 Å². The van der Waals surface area contributed by atoms with Crippen LogP contribution in [0.15, 0.2) is 21.3 Å². The Morgan fingerprint density at radius 1 is 1.27 bits per heavy atom. The first kappa shape index (κ1) is 16.1. The fraction of sp³-hybridized carbons (Fsp3) is 0.412. The van der Waals surface area contributed by atoms with E-state index < -0.39 is 5.63 Å². The molecule has 0 saturated heterocycles. The van der Waals surface area contributed by atoms with Crippen molar-refractivity contribution in [2.75, 3.05) is 0 Å². The molecule has 0 fully saturated rings. The van der Waals surface area contributed by atoms with E-state index in [1.165, 1.54) is 12.1 Å². The van der Waals surface area contributed by atoms with E-state index in [9.17, 15) is 19.8 Å². The number of benzene rings is 1. The number of phenolic OH excluding ortho intramolecular Hbond substituents is 2. The standard InChI is InChI=1S/C17H20O5/c1-4-6-10-7-13(19)22-12-8-11(18)15(17(21)14(10)12)16(20)9(3)5-2/h7-9,18,21H,4-6H2,1-3H3. The summed E-state index contributed by atoms with van der Waals surface area (Å²) in [5.74, 6) is -1.33. The number of aromatic hydroxyl groups is 2. The Hall–Kier alpha value is -2.30. The van der Waals surface area contributed by atoms with Crippen LogP contribution < -0.4 is 5.63 Å². The lowest BCUT2D eigenvalue weighted by molar-refractivity contribution is 0.0922. The summed E-state index contributed by atoms with van der Waals surface area (Å²) < 4.78 is 5.04. The molecule has 5 nitrogen and oxygen atoms in total. The fourth-order valence-electron chi connectivity index (χ4n) is 2.52. The third-order valence-electron chi connectivity index (χ3n) is 3.89. The van der Waals surface area contributed by atoms with Crippen molar-refractivity contribution in [3.63, 3.8) is 0 Å². The van der Waals surface area contributed by atoms with Crippen LogP contribution in [0.2, 0.25) is 0 Å². The maximum atomic E-state index is 12.4. The van der Waals surface area contributed by atoms with Crippen molar-refractivity contribution in [1.82, 2.24) is 0 Å². The number of hydrogen-bond acceptors (Lipinski definition) is 5. The van der Waals surface area contributed by atoms with Crippen molar-refractivity contribution in [3.05, 3.63) is 33.7 Å². The summed E-state index contributed by atoms with van der Waals surface area (Å²) in [7, 11) is 0. The highest BCUT2D eigenvalue weighted by atomic mass is 16.4. The third-order valence-corrected chi connectivity index (χ3v) is 3.89. The second-order valence-electron chi connectivity index (χ2n) is 5.51. The van der Waals surface area contributed by atoms with Crippen LogP contribution in [0.4, 0.5) is 0 Å². The summed E-state index contributed by atoms with van der Waals surface area (Å²) in [6.45, 7) is 5.55. The number of carbonyl (C=O) groups excluding carboxylic acids is 1. The van der Waals surface area contributed by atoms with Crippen LogP contribution in [-0.2, 0) is 6.42 Å². The number of fused-ring (bicyclic) bond motifs is 1. The van der Waals surface area contributed by atoms with E-state index in [0.717, 1.165) is 6.42 Å². The molecule has 0 spiro atoms. The van der Waals surface area contributed by atoms with E-state index in [0.29, 0.717) is 23.8 Å². The fourth-order valence-corrected chi connectivity index (χ4v) is 2.52. The van der Waals surface area contributed by atoms with E-state index in [-0.39, 0.29) is 34.3 Å². The topological polar surface area (TPSA) is 87.7 Å². The number of hydrogen-bond donors (Lipinski definition) is 2. The molecule has 0 amide bonds. The molecule has 2 N–H and O–H groups in total. The number of ketones is 1. The second kappa shape index (κ2) is 6.22. The first-order valence-electron chi connectivity index (χ1n) is 7.46. The predicted octanol–water partition coefficient (Wildman–Crippen LogP) is 3.39. The highest BCUT2D eigenvalue weighted by molar-refractivity contribution is 6.07. The van der Waals surface area contributed by atoms with Crippen molar-refractivity contribution in [3.8, 4) is 11.5 Å². The van der Waals surface area contributed by atoms with E-state index in [1.807, 2.05) is 13.8 Å². The molecule has 1 unspecified atom stereocenters. The minimum atomic E-state index is -0.546. The monoisotopic (exact) mass is 304 g/mol. The summed E-state index contributed by atoms with van der Waals surface area (Å²) in [5, 5.41) is 20.9. The Morgan fingerprint density at radius 3 is 2.55 bits per heavy atom. The molecule has 0 aliphatic carbocycles. The van der Waals surface area contributed by atoms with Gasteiger partial charge in [0.05, 0.1) is 5.39 Å². The first-order chi connectivity index (χ1) is 10.4. The molecule has 2 rings (SSSR count). The molecule has 118 valence electrons. The number of aryl methyl sites for hydroxylation is 1. The van der Waals surface area contributed by atoms with Gasteiger partial charge in [-0.15, -0.1) is 0 Å². The van der Waals surface area contributed by atoms with Gasteiger partial charge in [-0.05, 0) is 18.4 Å². The Balaban J connectivity index is 2.81. The van der Waals surface area contributed by atoms with Crippen LogP contribution in [0.5, 0.6) is 11.5 Å². The normalized spacial score (nSPS) is 12.5. The van der Waals surface area contributed by atoms with Crippen LogP contribution in [0.1, 0.15) is 49.5 Å². The summed E-state index contributed by atoms with van der Waals surface area (Å²) in [6.07, 6.45) is 1.94. The van der Waals surface area contributed by atoms with Crippen molar-refractivity contribution >= 4 is 16.8 Å². The highest BCUT2D eigenvalue weighted by Crippen LogP contribution is 2.38. The molecule has 0 aliphatic heterocycles. The molecule has 2 aromatic rings. The predicted molar refractivity (Wildman–Crippen MR) is 83.6 cm³/mol. The molecule has 1 atom stereocenters. The first-order valence-corrected chi connectivity index (χ1v) is 7.46.